The monoisotopic (exact) mass is 279 g/mol. The Hall–Kier alpha value is -1.82. The maximum atomic E-state index is 4.98. The van der Waals surface area contributed by atoms with Gasteiger partial charge in [-0.2, -0.15) is 0 Å². The smallest absolute Gasteiger partial charge is 0.191 e. The van der Waals surface area contributed by atoms with Crippen molar-refractivity contribution in [3.05, 3.63) is 24.4 Å². The summed E-state index contributed by atoms with van der Waals surface area (Å²) in [6, 6.07) is 5.86. The Bertz CT molecular complexity index is 369. The SMILES string of the molecule is CN=C(NCCCCNc1ccccn1)NCCOC. The summed E-state index contributed by atoms with van der Waals surface area (Å²) in [5.41, 5.74) is 0. The number of hydrogen-bond donors (Lipinski definition) is 3. The van der Waals surface area contributed by atoms with Gasteiger partial charge in [0.05, 0.1) is 6.61 Å². The van der Waals surface area contributed by atoms with Gasteiger partial charge >= 0.3 is 0 Å². The van der Waals surface area contributed by atoms with Crippen LogP contribution >= 0.6 is 0 Å². The summed E-state index contributed by atoms with van der Waals surface area (Å²) in [5.74, 6) is 1.75. The molecule has 1 aromatic heterocycles. The first kappa shape index (κ1) is 16.2. The average molecular weight is 279 g/mol. The molecule has 0 aromatic carbocycles. The number of aliphatic imine (C=N–C) groups is 1. The number of methoxy groups -OCH3 is 1. The summed E-state index contributed by atoms with van der Waals surface area (Å²) in [4.78, 5) is 8.35. The van der Waals surface area contributed by atoms with Crippen LogP contribution in [0.5, 0.6) is 0 Å². The fraction of sp³-hybridized carbons (Fsp3) is 0.571. The number of nitrogens with one attached hydrogen (secondary N) is 3. The van der Waals surface area contributed by atoms with Crippen LogP contribution < -0.4 is 16.0 Å². The highest BCUT2D eigenvalue weighted by atomic mass is 16.5. The van der Waals surface area contributed by atoms with E-state index in [0.717, 1.165) is 44.3 Å². The van der Waals surface area contributed by atoms with Gasteiger partial charge in [0, 0.05) is 40.0 Å². The van der Waals surface area contributed by atoms with Gasteiger partial charge in [0.15, 0.2) is 5.96 Å². The number of hydrogen-bond acceptors (Lipinski definition) is 4. The highest BCUT2D eigenvalue weighted by Crippen LogP contribution is 1.99. The van der Waals surface area contributed by atoms with Crippen molar-refractivity contribution >= 4 is 11.8 Å². The standard InChI is InChI=1S/C14H25N5O/c1-15-14(19-11-12-20-2)18-10-6-5-9-17-13-7-3-4-8-16-13/h3-4,7-8H,5-6,9-12H2,1-2H3,(H,16,17)(H2,15,18,19). The number of nitrogens with zero attached hydrogens (tertiary/aromatic N) is 2. The van der Waals surface area contributed by atoms with Crippen LogP contribution in [0.2, 0.25) is 0 Å². The highest BCUT2D eigenvalue weighted by molar-refractivity contribution is 5.79. The van der Waals surface area contributed by atoms with Gasteiger partial charge < -0.3 is 20.7 Å². The molecule has 20 heavy (non-hydrogen) atoms. The Morgan fingerprint density at radius 3 is 2.70 bits per heavy atom. The Balaban J connectivity index is 2.01. The van der Waals surface area contributed by atoms with E-state index in [1.165, 1.54) is 0 Å². The summed E-state index contributed by atoms with van der Waals surface area (Å²) in [6.45, 7) is 3.26. The average Bonchev–Trinajstić information content (AvgIpc) is 2.50. The van der Waals surface area contributed by atoms with Gasteiger partial charge in [0.2, 0.25) is 0 Å². The molecule has 1 heterocycles. The van der Waals surface area contributed by atoms with Crippen LogP contribution in [-0.2, 0) is 4.74 Å². The molecule has 0 radical (unpaired) electrons. The first-order chi connectivity index (χ1) is 9.86. The van der Waals surface area contributed by atoms with E-state index in [-0.39, 0.29) is 0 Å². The Morgan fingerprint density at radius 1 is 1.20 bits per heavy atom. The minimum Gasteiger partial charge on any atom is -0.383 e. The van der Waals surface area contributed by atoms with E-state index in [9.17, 15) is 0 Å². The van der Waals surface area contributed by atoms with E-state index in [2.05, 4.69) is 25.9 Å². The second-order valence-electron chi connectivity index (χ2n) is 4.27. The maximum absolute atomic E-state index is 4.98. The molecule has 1 aromatic rings. The van der Waals surface area contributed by atoms with E-state index < -0.39 is 0 Å². The molecule has 6 nitrogen and oxygen atoms in total. The third-order valence-corrected chi connectivity index (χ3v) is 2.69. The predicted molar refractivity (Wildman–Crippen MR) is 83.2 cm³/mol. The molecule has 6 heteroatoms. The van der Waals surface area contributed by atoms with Gasteiger partial charge in [0.1, 0.15) is 5.82 Å². The van der Waals surface area contributed by atoms with Crippen molar-refractivity contribution in [3.63, 3.8) is 0 Å². The molecular formula is C14H25N5O. The first-order valence-electron chi connectivity index (χ1n) is 6.95. The second-order valence-corrected chi connectivity index (χ2v) is 4.27. The normalized spacial score (nSPS) is 11.2. The van der Waals surface area contributed by atoms with Crippen LogP contribution in [0.25, 0.3) is 0 Å². The molecule has 0 aliphatic carbocycles. The lowest BCUT2D eigenvalue weighted by atomic mass is 10.3. The van der Waals surface area contributed by atoms with Crippen LogP contribution in [-0.4, -0.2) is 51.3 Å². The summed E-state index contributed by atoms with van der Waals surface area (Å²) in [7, 11) is 3.46. The second kappa shape index (κ2) is 11.0. The molecule has 3 N–H and O–H groups in total. The summed E-state index contributed by atoms with van der Waals surface area (Å²) in [6.07, 6.45) is 3.95. The lowest BCUT2D eigenvalue weighted by Crippen LogP contribution is -2.39. The quantitative estimate of drug-likeness (QED) is 0.358. The topological polar surface area (TPSA) is 70.6 Å². The molecule has 0 aliphatic rings. The van der Waals surface area contributed by atoms with E-state index >= 15 is 0 Å². The maximum Gasteiger partial charge on any atom is 0.191 e. The number of anilines is 1. The molecule has 0 atom stereocenters. The number of aromatic nitrogens is 1. The molecule has 1 rings (SSSR count). The zero-order valence-corrected chi connectivity index (χ0v) is 12.4. The van der Waals surface area contributed by atoms with E-state index in [4.69, 9.17) is 4.74 Å². The zero-order chi connectivity index (χ0) is 14.5. The van der Waals surface area contributed by atoms with Crippen LogP contribution in [0.4, 0.5) is 5.82 Å². The Labute approximate surface area is 121 Å². The van der Waals surface area contributed by atoms with Gasteiger partial charge in [-0.3, -0.25) is 4.99 Å². The number of ether oxygens (including phenoxy) is 1. The Kier molecular flexibility index (Phi) is 8.97. The first-order valence-corrected chi connectivity index (χ1v) is 6.95. The van der Waals surface area contributed by atoms with Crippen molar-refractivity contribution < 1.29 is 4.74 Å². The van der Waals surface area contributed by atoms with Crippen LogP contribution in [0.1, 0.15) is 12.8 Å². The lowest BCUT2D eigenvalue weighted by Gasteiger charge is -2.11. The van der Waals surface area contributed by atoms with E-state index in [1.807, 2.05) is 18.2 Å². The zero-order valence-electron chi connectivity index (χ0n) is 12.4. The summed E-state index contributed by atoms with van der Waals surface area (Å²) in [5, 5.41) is 9.73. The van der Waals surface area contributed by atoms with Crippen LogP contribution in [0.15, 0.2) is 29.4 Å². The number of guanidine groups is 1. The van der Waals surface area contributed by atoms with Gasteiger partial charge in [-0.05, 0) is 25.0 Å². The van der Waals surface area contributed by atoms with Gasteiger partial charge in [0.25, 0.3) is 0 Å². The van der Waals surface area contributed by atoms with Crippen LogP contribution in [0, 0.1) is 0 Å². The van der Waals surface area contributed by atoms with Gasteiger partial charge in [-0.1, -0.05) is 6.07 Å². The number of rotatable bonds is 9. The predicted octanol–water partition coefficient (Wildman–Crippen LogP) is 1.09. The number of pyridine rings is 1. The molecular weight excluding hydrogens is 254 g/mol. The molecule has 0 bridgehead atoms. The van der Waals surface area contributed by atoms with Crippen molar-refractivity contribution in [2.24, 2.45) is 4.99 Å². The number of unbranched alkanes of at least 4 members (excludes halogenated alkanes) is 1. The largest absolute Gasteiger partial charge is 0.383 e. The van der Waals surface area contributed by atoms with E-state index in [0.29, 0.717) is 6.61 Å². The third kappa shape index (κ3) is 7.58. The minimum absolute atomic E-state index is 0.675. The Morgan fingerprint density at radius 2 is 2.00 bits per heavy atom. The highest BCUT2D eigenvalue weighted by Gasteiger charge is 1.96. The van der Waals surface area contributed by atoms with Crippen molar-refractivity contribution in [2.45, 2.75) is 12.8 Å². The third-order valence-electron chi connectivity index (χ3n) is 2.69. The molecule has 0 spiro atoms. The molecule has 0 saturated heterocycles. The molecule has 0 aliphatic heterocycles. The summed E-state index contributed by atoms with van der Waals surface area (Å²) < 4.78 is 4.98. The molecule has 112 valence electrons. The lowest BCUT2D eigenvalue weighted by molar-refractivity contribution is 0.203. The van der Waals surface area contributed by atoms with Crippen molar-refractivity contribution in [3.8, 4) is 0 Å². The molecule has 0 amide bonds. The minimum atomic E-state index is 0.675. The van der Waals surface area contributed by atoms with E-state index in [1.54, 1.807) is 20.4 Å². The van der Waals surface area contributed by atoms with Crippen LogP contribution in [0.3, 0.4) is 0 Å². The van der Waals surface area contributed by atoms with Crippen molar-refractivity contribution in [1.82, 2.24) is 15.6 Å². The van der Waals surface area contributed by atoms with Crippen molar-refractivity contribution in [1.29, 1.82) is 0 Å². The molecule has 0 saturated carbocycles. The summed E-state index contributed by atoms with van der Waals surface area (Å²) >= 11 is 0. The fourth-order valence-electron chi connectivity index (χ4n) is 1.63. The molecule has 0 unspecified atom stereocenters. The fourth-order valence-corrected chi connectivity index (χ4v) is 1.63. The molecule has 0 fully saturated rings. The van der Waals surface area contributed by atoms with Gasteiger partial charge in [-0.25, -0.2) is 4.98 Å². The van der Waals surface area contributed by atoms with Crippen molar-refractivity contribution in [2.75, 3.05) is 45.7 Å². The van der Waals surface area contributed by atoms with Gasteiger partial charge in [-0.15, -0.1) is 0 Å².